The van der Waals surface area contributed by atoms with Gasteiger partial charge in [-0.3, -0.25) is 19.2 Å². The minimum Gasteiger partial charge on any atom is -0.465 e. The lowest BCUT2D eigenvalue weighted by atomic mass is 9.80. The Balaban J connectivity index is 2.66. The van der Waals surface area contributed by atoms with Gasteiger partial charge in [-0.2, -0.15) is 5.06 Å². The first-order chi connectivity index (χ1) is 25.7. The standard InChI is InChI=1S/C43H74N4O8/c1-14-17-25-52-37(48)34(28-32(4)33-21-19-18-20-22-33)29-35(38(49)53-26-23-44(10)11)30-36(39(50)54-27-24-45(12)13)55-47-42(8,9)31-46(41(5,6)7)40(51)43(47,15-2)16-3/h18-22,32,34-36H,14-17,23-31H2,1-13H3. The van der Waals surface area contributed by atoms with E-state index in [2.05, 4.69) is 6.92 Å². The molecule has 1 aliphatic rings. The Morgan fingerprint density at radius 3 is 1.78 bits per heavy atom. The average Bonchev–Trinajstić information content (AvgIpc) is 3.11. The molecule has 1 saturated heterocycles. The lowest BCUT2D eigenvalue weighted by Gasteiger charge is -2.59. The number of hydroxylamine groups is 2. The van der Waals surface area contributed by atoms with E-state index < -0.39 is 46.5 Å². The first kappa shape index (κ1) is 48.1. The number of carbonyl (C=O) groups is 4. The van der Waals surface area contributed by atoms with E-state index in [1.165, 1.54) is 0 Å². The summed E-state index contributed by atoms with van der Waals surface area (Å²) in [5, 5.41) is 1.71. The Morgan fingerprint density at radius 2 is 1.29 bits per heavy atom. The van der Waals surface area contributed by atoms with E-state index in [9.17, 15) is 19.2 Å². The van der Waals surface area contributed by atoms with E-state index >= 15 is 0 Å². The molecule has 0 aromatic heterocycles. The molecule has 0 aliphatic carbocycles. The van der Waals surface area contributed by atoms with Crippen molar-refractivity contribution >= 4 is 23.8 Å². The summed E-state index contributed by atoms with van der Waals surface area (Å²) in [6, 6.07) is 9.94. The molecule has 1 aromatic rings. The highest BCUT2D eigenvalue weighted by atomic mass is 16.7. The largest absolute Gasteiger partial charge is 0.465 e. The van der Waals surface area contributed by atoms with Crippen molar-refractivity contribution in [2.75, 3.05) is 67.6 Å². The average molecular weight is 775 g/mol. The highest BCUT2D eigenvalue weighted by Crippen LogP contribution is 2.42. The fourth-order valence-electron chi connectivity index (χ4n) is 7.20. The van der Waals surface area contributed by atoms with Gasteiger partial charge in [-0.25, -0.2) is 4.79 Å². The van der Waals surface area contributed by atoms with E-state index in [0.717, 1.165) is 18.4 Å². The number of ether oxygens (including phenoxy) is 3. The second-order valence-electron chi connectivity index (χ2n) is 17.4. The van der Waals surface area contributed by atoms with Crippen LogP contribution < -0.4 is 0 Å². The third-order valence-corrected chi connectivity index (χ3v) is 10.7. The van der Waals surface area contributed by atoms with E-state index in [4.69, 9.17) is 19.0 Å². The van der Waals surface area contributed by atoms with Gasteiger partial charge in [0.1, 0.15) is 18.8 Å². The number of rotatable bonds is 23. The summed E-state index contributed by atoms with van der Waals surface area (Å²) in [5.74, 6) is -3.23. The summed E-state index contributed by atoms with van der Waals surface area (Å²) in [5.41, 5.74) is -1.19. The third kappa shape index (κ3) is 14.1. The van der Waals surface area contributed by atoms with Crippen molar-refractivity contribution in [1.29, 1.82) is 0 Å². The van der Waals surface area contributed by atoms with E-state index in [-0.39, 0.29) is 50.5 Å². The molecule has 55 heavy (non-hydrogen) atoms. The molecule has 0 saturated carbocycles. The van der Waals surface area contributed by atoms with E-state index in [1.54, 1.807) is 5.06 Å². The van der Waals surface area contributed by atoms with Crippen LogP contribution >= 0.6 is 0 Å². The number of hydrogen-bond donors (Lipinski definition) is 0. The van der Waals surface area contributed by atoms with Gasteiger partial charge in [-0.15, -0.1) is 0 Å². The normalized spacial score (nSPS) is 18.2. The molecule has 1 aromatic carbocycles. The smallest absolute Gasteiger partial charge is 0.337 e. The van der Waals surface area contributed by atoms with Crippen LogP contribution in [0.1, 0.15) is 119 Å². The Hall–Kier alpha value is -3.06. The third-order valence-electron chi connectivity index (χ3n) is 10.7. The van der Waals surface area contributed by atoms with Crippen LogP contribution in [0.3, 0.4) is 0 Å². The van der Waals surface area contributed by atoms with Gasteiger partial charge in [0.25, 0.3) is 0 Å². The number of unbranched alkanes of at least 4 members (excludes halogenated alkanes) is 1. The first-order valence-corrected chi connectivity index (χ1v) is 20.4. The topological polar surface area (TPSA) is 118 Å². The lowest BCUT2D eigenvalue weighted by Crippen LogP contribution is -2.75. The Morgan fingerprint density at radius 1 is 0.782 bits per heavy atom. The predicted molar refractivity (Wildman–Crippen MR) is 216 cm³/mol. The second kappa shape index (κ2) is 22.0. The Kier molecular flexibility index (Phi) is 19.3. The van der Waals surface area contributed by atoms with Crippen LogP contribution in [-0.2, 0) is 38.2 Å². The molecule has 12 nitrogen and oxygen atoms in total. The molecule has 0 bridgehead atoms. The highest BCUT2D eigenvalue weighted by molar-refractivity contribution is 5.88. The highest BCUT2D eigenvalue weighted by Gasteiger charge is 2.58. The van der Waals surface area contributed by atoms with Gasteiger partial charge < -0.3 is 28.9 Å². The van der Waals surface area contributed by atoms with E-state index in [1.807, 2.05) is 129 Å². The second-order valence-corrected chi connectivity index (χ2v) is 17.4. The molecular weight excluding hydrogens is 700 g/mol. The number of hydrogen-bond acceptors (Lipinski definition) is 11. The van der Waals surface area contributed by atoms with Crippen molar-refractivity contribution in [3.05, 3.63) is 35.9 Å². The number of piperazine rings is 1. The van der Waals surface area contributed by atoms with Crippen LogP contribution in [0.25, 0.3) is 0 Å². The molecule has 0 radical (unpaired) electrons. The SMILES string of the molecule is CCCCOC(=O)C(CC(CC(ON1C(C)(C)CN(C(C)(C)C)C(=O)C1(CC)CC)C(=O)OCCN(C)C)C(=O)OCCN(C)C)CC(C)c1ccccc1. The fraction of sp³-hybridized carbons (Fsp3) is 0.767. The summed E-state index contributed by atoms with van der Waals surface area (Å²) >= 11 is 0. The summed E-state index contributed by atoms with van der Waals surface area (Å²) in [7, 11) is 7.56. The molecule has 1 heterocycles. The molecule has 1 fully saturated rings. The zero-order valence-corrected chi connectivity index (χ0v) is 36.4. The summed E-state index contributed by atoms with van der Waals surface area (Å²) in [4.78, 5) is 69.1. The van der Waals surface area contributed by atoms with Gasteiger partial charge in [0.2, 0.25) is 5.91 Å². The molecule has 0 spiro atoms. The maximum atomic E-state index is 14.5. The van der Waals surface area contributed by atoms with Crippen LogP contribution in [0.5, 0.6) is 0 Å². The maximum Gasteiger partial charge on any atom is 0.337 e. The Labute approximate surface area is 332 Å². The van der Waals surface area contributed by atoms with Crippen molar-refractivity contribution < 1.29 is 38.2 Å². The molecule has 0 N–H and O–H groups in total. The van der Waals surface area contributed by atoms with Gasteiger partial charge in [-0.05, 0) is 113 Å². The zero-order chi connectivity index (χ0) is 41.6. The predicted octanol–water partition coefficient (Wildman–Crippen LogP) is 6.33. The minimum atomic E-state index is -1.28. The molecule has 1 amide bonds. The maximum absolute atomic E-state index is 14.5. The molecule has 12 heteroatoms. The number of esters is 3. The van der Waals surface area contributed by atoms with Gasteiger partial charge in [0, 0.05) is 25.2 Å². The van der Waals surface area contributed by atoms with E-state index in [0.29, 0.717) is 38.9 Å². The molecule has 4 unspecified atom stereocenters. The summed E-state index contributed by atoms with van der Waals surface area (Å²) < 4.78 is 17.4. The Bertz CT molecular complexity index is 1340. The molecule has 2 rings (SSSR count). The van der Waals surface area contributed by atoms with Gasteiger partial charge in [0.05, 0.1) is 24.0 Å². The zero-order valence-electron chi connectivity index (χ0n) is 36.4. The van der Waals surface area contributed by atoms with Crippen LogP contribution in [0.2, 0.25) is 0 Å². The monoisotopic (exact) mass is 775 g/mol. The molecule has 314 valence electrons. The molecular formula is C43H74N4O8. The number of likely N-dealkylation sites (N-methyl/N-ethyl adjacent to an activating group) is 2. The fourth-order valence-corrected chi connectivity index (χ4v) is 7.20. The van der Waals surface area contributed by atoms with Gasteiger partial charge >= 0.3 is 17.9 Å². The first-order valence-electron chi connectivity index (χ1n) is 20.4. The van der Waals surface area contributed by atoms with Gasteiger partial charge in [0.15, 0.2) is 6.10 Å². The van der Waals surface area contributed by atoms with Crippen LogP contribution in [-0.4, -0.2) is 134 Å². The molecule has 4 atom stereocenters. The van der Waals surface area contributed by atoms with Gasteiger partial charge in [-0.1, -0.05) is 64.4 Å². The summed E-state index contributed by atoms with van der Waals surface area (Å²) in [6.45, 7) is 20.0. The van der Waals surface area contributed by atoms with Crippen molar-refractivity contribution in [3.8, 4) is 0 Å². The van der Waals surface area contributed by atoms with Crippen molar-refractivity contribution in [1.82, 2.24) is 19.8 Å². The number of carbonyl (C=O) groups excluding carboxylic acids is 4. The van der Waals surface area contributed by atoms with Crippen molar-refractivity contribution in [2.24, 2.45) is 11.8 Å². The lowest BCUT2D eigenvalue weighted by molar-refractivity contribution is -0.312. The molecule has 1 aliphatic heterocycles. The summed E-state index contributed by atoms with van der Waals surface area (Å²) in [6.07, 6.45) is 1.58. The number of nitrogens with zero attached hydrogens (tertiary/aromatic N) is 4. The quantitative estimate of drug-likeness (QED) is 0.0706. The number of benzene rings is 1. The van der Waals surface area contributed by atoms with Crippen LogP contribution in [0.15, 0.2) is 30.3 Å². The van der Waals surface area contributed by atoms with Crippen molar-refractivity contribution in [3.63, 3.8) is 0 Å². The van der Waals surface area contributed by atoms with Crippen LogP contribution in [0.4, 0.5) is 0 Å². The number of amides is 1. The van der Waals surface area contributed by atoms with Crippen molar-refractivity contribution in [2.45, 2.75) is 136 Å². The van der Waals surface area contributed by atoms with Crippen LogP contribution in [0, 0.1) is 11.8 Å². The minimum absolute atomic E-state index is 0.0148.